The van der Waals surface area contributed by atoms with E-state index in [4.69, 9.17) is 0 Å². The number of nitrogens with zero attached hydrogens (tertiary/aromatic N) is 5. The fourth-order valence-corrected chi connectivity index (χ4v) is 4.18. The fraction of sp³-hybridized carbons (Fsp3) is 0.179. The third-order valence-electron chi connectivity index (χ3n) is 6.36. The van der Waals surface area contributed by atoms with Crippen molar-refractivity contribution in [2.75, 3.05) is 11.9 Å². The number of hydrogen-bond donors (Lipinski definition) is 2. The topological polar surface area (TPSA) is 106 Å². The van der Waals surface area contributed by atoms with Crippen LogP contribution in [0.4, 0.5) is 5.95 Å². The quantitative estimate of drug-likeness (QED) is 0.342. The number of fused-ring (bicyclic) bond motifs is 1. The van der Waals surface area contributed by atoms with Crippen LogP contribution < -0.4 is 10.6 Å². The van der Waals surface area contributed by atoms with Crippen molar-refractivity contribution in [3.05, 3.63) is 96.4 Å². The molecule has 9 nitrogen and oxygen atoms in total. The van der Waals surface area contributed by atoms with Gasteiger partial charge in [0, 0.05) is 36.0 Å². The van der Waals surface area contributed by atoms with Crippen LogP contribution in [-0.4, -0.2) is 42.7 Å². The maximum atomic E-state index is 12.7. The first-order valence-electron chi connectivity index (χ1n) is 12.3. The molecular weight excluding hydrogens is 466 g/mol. The van der Waals surface area contributed by atoms with Gasteiger partial charge in [0.15, 0.2) is 5.65 Å². The Hall–Kier alpha value is -4.79. The molecule has 3 aromatic heterocycles. The van der Waals surface area contributed by atoms with E-state index >= 15 is 0 Å². The van der Waals surface area contributed by atoms with Crippen molar-refractivity contribution < 1.29 is 9.59 Å². The summed E-state index contributed by atoms with van der Waals surface area (Å²) in [5.74, 6) is 0.219. The summed E-state index contributed by atoms with van der Waals surface area (Å²) in [6.45, 7) is 0.509. The van der Waals surface area contributed by atoms with Gasteiger partial charge < -0.3 is 5.32 Å². The second-order valence-electron chi connectivity index (χ2n) is 9.10. The maximum absolute atomic E-state index is 12.7. The molecule has 2 N–H and O–H groups in total. The highest BCUT2D eigenvalue weighted by atomic mass is 16.2. The summed E-state index contributed by atoms with van der Waals surface area (Å²) in [7, 11) is 0. The minimum absolute atomic E-state index is 0.0298. The molecule has 1 aliphatic carbocycles. The van der Waals surface area contributed by atoms with Crippen LogP contribution in [0, 0.1) is 5.92 Å². The number of carbonyl (C=O) groups excluding carboxylic acids is 2. The van der Waals surface area contributed by atoms with Crippen molar-refractivity contribution in [1.82, 2.24) is 29.7 Å². The van der Waals surface area contributed by atoms with Crippen molar-refractivity contribution in [2.45, 2.75) is 19.3 Å². The van der Waals surface area contributed by atoms with E-state index in [0.29, 0.717) is 30.1 Å². The van der Waals surface area contributed by atoms with Crippen LogP contribution in [0.3, 0.4) is 0 Å². The zero-order chi connectivity index (χ0) is 25.2. The number of pyridine rings is 1. The fourth-order valence-electron chi connectivity index (χ4n) is 4.18. The summed E-state index contributed by atoms with van der Waals surface area (Å²) in [6, 6.07) is 21.1. The second-order valence-corrected chi connectivity index (χ2v) is 9.10. The monoisotopic (exact) mass is 491 g/mol. The van der Waals surface area contributed by atoms with E-state index in [1.54, 1.807) is 22.8 Å². The Balaban J connectivity index is 1.09. The number of rotatable bonds is 8. The lowest BCUT2D eigenvalue weighted by molar-refractivity contribution is -0.117. The normalized spacial score (nSPS) is 13.0. The molecule has 2 amide bonds. The molecule has 0 radical (unpaired) electrons. The van der Waals surface area contributed by atoms with Crippen LogP contribution >= 0.6 is 0 Å². The van der Waals surface area contributed by atoms with Crippen molar-refractivity contribution in [1.29, 1.82) is 0 Å². The number of carbonyl (C=O) groups is 2. The van der Waals surface area contributed by atoms with Crippen LogP contribution in [0.25, 0.3) is 22.5 Å². The number of aromatic nitrogens is 5. The lowest BCUT2D eigenvalue weighted by Crippen LogP contribution is -2.25. The molecule has 3 heterocycles. The molecule has 0 atom stereocenters. The summed E-state index contributed by atoms with van der Waals surface area (Å²) in [5.41, 5.74) is 5.04. The molecule has 6 rings (SSSR count). The molecule has 2 aromatic carbocycles. The van der Waals surface area contributed by atoms with Gasteiger partial charge in [0.05, 0.1) is 11.9 Å². The predicted molar refractivity (Wildman–Crippen MR) is 139 cm³/mol. The number of anilines is 1. The Bertz CT molecular complexity index is 1570. The van der Waals surface area contributed by atoms with Crippen LogP contribution in [0.15, 0.2) is 85.3 Å². The highest BCUT2D eigenvalue weighted by molar-refractivity contribution is 5.95. The molecule has 9 heteroatoms. The van der Waals surface area contributed by atoms with Gasteiger partial charge in [-0.05, 0) is 66.8 Å². The van der Waals surface area contributed by atoms with Crippen molar-refractivity contribution in [3.8, 4) is 16.8 Å². The van der Waals surface area contributed by atoms with E-state index in [0.717, 1.165) is 35.2 Å². The average Bonchev–Trinajstić information content (AvgIpc) is 3.54. The number of para-hydroxylation sites is 1. The van der Waals surface area contributed by atoms with Gasteiger partial charge in [-0.15, -0.1) is 5.10 Å². The van der Waals surface area contributed by atoms with Gasteiger partial charge in [0.1, 0.15) is 0 Å². The number of hydrogen-bond acceptors (Lipinski definition) is 5. The molecule has 184 valence electrons. The van der Waals surface area contributed by atoms with E-state index < -0.39 is 0 Å². The summed E-state index contributed by atoms with van der Waals surface area (Å²) in [6.07, 6.45) is 8.12. The standard InChI is InChI=1S/C28H25N7O2/c36-26(29-15-14-19-17-30-35(18-19)23-5-2-1-3-6-23)21-10-8-20(9-11-21)24-7-4-16-34-25(24)31-28(33-34)32-27(37)22-12-13-22/h1-11,16-18,22H,12-15H2,(H,29,36)(H,32,33,37). The third-order valence-corrected chi connectivity index (χ3v) is 6.36. The van der Waals surface area contributed by atoms with E-state index in [2.05, 4.69) is 25.8 Å². The van der Waals surface area contributed by atoms with Gasteiger partial charge in [-0.2, -0.15) is 10.1 Å². The predicted octanol–water partition coefficient (Wildman–Crippen LogP) is 3.90. The smallest absolute Gasteiger partial charge is 0.251 e. The van der Waals surface area contributed by atoms with Crippen LogP contribution in [-0.2, 0) is 11.2 Å². The molecule has 1 fully saturated rings. The Labute approximate surface area is 213 Å². The van der Waals surface area contributed by atoms with Crippen molar-refractivity contribution in [3.63, 3.8) is 0 Å². The number of amides is 2. The summed E-state index contributed by atoms with van der Waals surface area (Å²) >= 11 is 0. The first-order chi connectivity index (χ1) is 18.1. The van der Waals surface area contributed by atoms with Gasteiger partial charge in [-0.1, -0.05) is 30.3 Å². The molecule has 5 aromatic rings. The highest BCUT2D eigenvalue weighted by Gasteiger charge is 2.30. The lowest BCUT2D eigenvalue weighted by atomic mass is 10.0. The first kappa shape index (κ1) is 22.7. The van der Waals surface area contributed by atoms with Gasteiger partial charge in [-0.3, -0.25) is 14.9 Å². The van der Waals surface area contributed by atoms with E-state index in [1.807, 2.05) is 71.7 Å². The first-order valence-corrected chi connectivity index (χ1v) is 12.3. The minimum atomic E-state index is -0.132. The molecule has 1 saturated carbocycles. The maximum Gasteiger partial charge on any atom is 0.251 e. The SMILES string of the molecule is O=C(NCCc1cnn(-c2ccccc2)c1)c1ccc(-c2cccn3nc(NC(=O)C4CC4)nc23)cc1. The Morgan fingerprint density at radius 1 is 0.973 bits per heavy atom. The molecule has 37 heavy (non-hydrogen) atoms. The van der Waals surface area contributed by atoms with E-state index in [1.165, 1.54) is 0 Å². The van der Waals surface area contributed by atoms with Crippen LogP contribution in [0.1, 0.15) is 28.8 Å². The molecule has 0 unspecified atom stereocenters. The Kier molecular flexibility index (Phi) is 5.94. The van der Waals surface area contributed by atoms with Crippen molar-refractivity contribution in [2.24, 2.45) is 5.92 Å². The van der Waals surface area contributed by atoms with Crippen LogP contribution in [0.2, 0.25) is 0 Å². The highest BCUT2D eigenvalue weighted by Crippen LogP contribution is 2.30. The minimum Gasteiger partial charge on any atom is -0.352 e. The molecule has 0 saturated heterocycles. The molecule has 0 bridgehead atoms. The molecular formula is C28H25N7O2. The Morgan fingerprint density at radius 2 is 1.78 bits per heavy atom. The second kappa shape index (κ2) is 9.69. The third kappa shape index (κ3) is 4.97. The lowest BCUT2D eigenvalue weighted by Gasteiger charge is -2.07. The molecule has 0 aliphatic heterocycles. The van der Waals surface area contributed by atoms with Crippen LogP contribution in [0.5, 0.6) is 0 Å². The number of nitrogens with one attached hydrogen (secondary N) is 2. The zero-order valence-electron chi connectivity index (χ0n) is 20.0. The molecule has 0 spiro atoms. The van der Waals surface area contributed by atoms with Gasteiger partial charge in [-0.25, -0.2) is 9.20 Å². The van der Waals surface area contributed by atoms with E-state index in [-0.39, 0.29) is 17.7 Å². The summed E-state index contributed by atoms with van der Waals surface area (Å²) < 4.78 is 3.48. The van der Waals surface area contributed by atoms with Crippen molar-refractivity contribution >= 4 is 23.4 Å². The van der Waals surface area contributed by atoms with Gasteiger partial charge in [0.2, 0.25) is 11.9 Å². The summed E-state index contributed by atoms with van der Waals surface area (Å²) in [5, 5.41) is 14.6. The summed E-state index contributed by atoms with van der Waals surface area (Å²) in [4.78, 5) is 29.3. The molecule has 1 aliphatic rings. The van der Waals surface area contributed by atoms with Gasteiger partial charge in [0.25, 0.3) is 5.91 Å². The Morgan fingerprint density at radius 3 is 2.57 bits per heavy atom. The zero-order valence-corrected chi connectivity index (χ0v) is 20.0. The number of benzene rings is 2. The largest absolute Gasteiger partial charge is 0.352 e. The van der Waals surface area contributed by atoms with Gasteiger partial charge >= 0.3 is 0 Å². The van der Waals surface area contributed by atoms with E-state index in [9.17, 15) is 9.59 Å². The average molecular weight is 492 g/mol.